The first-order chi connectivity index (χ1) is 8.76. The average Bonchev–Trinajstić information content (AvgIpc) is 2.82. The molecule has 1 nitrogen and oxygen atoms in total. The van der Waals surface area contributed by atoms with Crippen LogP contribution in [0.4, 0.5) is 10.1 Å². The lowest BCUT2D eigenvalue weighted by atomic mass is 10.0. The molecule has 1 aliphatic heterocycles. The Hall–Kier alpha value is -1.83. The van der Waals surface area contributed by atoms with Gasteiger partial charge in [0.05, 0.1) is 6.04 Å². The van der Waals surface area contributed by atoms with Crippen molar-refractivity contribution in [2.24, 2.45) is 0 Å². The zero-order valence-electron chi connectivity index (χ0n) is 10.4. The molecule has 0 saturated carbocycles. The second-order valence-corrected chi connectivity index (χ2v) is 4.80. The molecule has 1 heterocycles. The van der Waals surface area contributed by atoms with Crippen molar-refractivity contribution in [3.63, 3.8) is 0 Å². The summed E-state index contributed by atoms with van der Waals surface area (Å²) in [5.41, 5.74) is 5.09. The molecule has 1 unspecified atom stereocenters. The highest BCUT2D eigenvalue weighted by Crippen LogP contribution is 2.34. The minimum atomic E-state index is -0.178. The second kappa shape index (κ2) is 4.45. The number of benzene rings is 2. The van der Waals surface area contributed by atoms with Gasteiger partial charge in [-0.2, -0.15) is 0 Å². The molecule has 0 saturated heterocycles. The number of hydrogen-bond acceptors (Lipinski definition) is 1. The van der Waals surface area contributed by atoms with Crippen LogP contribution in [0.1, 0.15) is 29.7 Å². The van der Waals surface area contributed by atoms with Gasteiger partial charge in [-0.25, -0.2) is 4.39 Å². The number of fused-ring (bicyclic) bond motifs is 1. The molecule has 0 radical (unpaired) electrons. The topological polar surface area (TPSA) is 12.0 Å². The molecule has 2 heteroatoms. The van der Waals surface area contributed by atoms with Gasteiger partial charge in [-0.3, -0.25) is 0 Å². The highest BCUT2D eigenvalue weighted by atomic mass is 19.1. The first kappa shape index (κ1) is 11.3. The lowest BCUT2D eigenvalue weighted by Crippen LogP contribution is -2.05. The second-order valence-electron chi connectivity index (χ2n) is 4.80. The fourth-order valence-electron chi connectivity index (χ4n) is 2.53. The molecule has 18 heavy (non-hydrogen) atoms. The predicted octanol–water partition coefficient (Wildman–Crippen LogP) is 4.10. The molecule has 0 fully saturated rings. The van der Waals surface area contributed by atoms with Gasteiger partial charge in [0, 0.05) is 5.69 Å². The molecule has 0 amide bonds. The Labute approximate surface area is 107 Å². The van der Waals surface area contributed by atoms with E-state index >= 15 is 0 Å². The Balaban J connectivity index is 1.86. The molecule has 0 spiro atoms. The highest BCUT2D eigenvalue weighted by Gasteiger charge is 2.21. The van der Waals surface area contributed by atoms with Crippen molar-refractivity contribution in [2.45, 2.75) is 25.8 Å². The van der Waals surface area contributed by atoms with E-state index in [-0.39, 0.29) is 11.9 Å². The Morgan fingerprint density at radius 2 is 1.94 bits per heavy atom. The molecule has 92 valence electrons. The molecule has 2 aromatic carbocycles. The van der Waals surface area contributed by atoms with Crippen LogP contribution in [-0.2, 0) is 12.8 Å². The van der Waals surface area contributed by atoms with Crippen LogP contribution < -0.4 is 5.32 Å². The summed E-state index contributed by atoms with van der Waals surface area (Å²) in [6, 6.07) is 13.6. The summed E-state index contributed by atoms with van der Waals surface area (Å²) < 4.78 is 12.9. The van der Waals surface area contributed by atoms with Crippen LogP contribution in [0.25, 0.3) is 0 Å². The van der Waals surface area contributed by atoms with Crippen LogP contribution in [0, 0.1) is 5.82 Å². The van der Waals surface area contributed by atoms with Crippen molar-refractivity contribution in [1.82, 2.24) is 0 Å². The Bertz CT molecular complexity index is 560. The lowest BCUT2D eigenvalue weighted by molar-refractivity contribution is 0.626. The van der Waals surface area contributed by atoms with Crippen LogP contribution >= 0.6 is 0 Å². The number of nitrogens with one attached hydrogen (secondary N) is 1. The van der Waals surface area contributed by atoms with Gasteiger partial charge < -0.3 is 5.32 Å². The predicted molar refractivity (Wildman–Crippen MR) is 72.3 cm³/mol. The van der Waals surface area contributed by atoms with E-state index in [1.807, 2.05) is 12.1 Å². The third kappa shape index (κ3) is 1.99. The number of anilines is 1. The molecule has 1 aliphatic rings. The lowest BCUT2D eigenvalue weighted by Gasteiger charge is -2.11. The third-order valence-corrected chi connectivity index (χ3v) is 3.60. The van der Waals surface area contributed by atoms with Gasteiger partial charge in [0.1, 0.15) is 5.82 Å². The summed E-state index contributed by atoms with van der Waals surface area (Å²) in [6.45, 7) is 2.17. The van der Waals surface area contributed by atoms with Crippen molar-refractivity contribution in [3.05, 3.63) is 65.0 Å². The standard InChI is InChI=1S/C16H16FN/c1-2-11-3-8-15-13(9-11)10-16(18-15)12-4-6-14(17)7-5-12/h3-9,16,18H,2,10H2,1H3. The Morgan fingerprint density at radius 1 is 1.17 bits per heavy atom. The fourth-order valence-corrected chi connectivity index (χ4v) is 2.53. The fraction of sp³-hybridized carbons (Fsp3) is 0.250. The number of hydrogen-bond donors (Lipinski definition) is 1. The van der Waals surface area contributed by atoms with Crippen molar-refractivity contribution in [3.8, 4) is 0 Å². The number of rotatable bonds is 2. The third-order valence-electron chi connectivity index (χ3n) is 3.60. The average molecular weight is 241 g/mol. The van der Waals surface area contributed by atoms with Crippen LogP contribution in [0.15, 0.2) is 42.5 Å². The number of halogens is 1. The van der Waals surface area contributed by atoms with Crippen molar-refractivity contribution >= 4 is 5.69 Å². The molecule has 2 aromatic rings. The van der Waals surface area contributed by atoms with E-state index in [2.05, 4.69) is 30.4 Å². The van der Waals surface area contributed by atoms with E-state index < -0.39 is 0 Å². The SMILES string of the molecule is CCc1ccc2c(c1)CC(c1ccc(F)cc1)N2. The van der Waals surface area contributed by atoms with E-state index in [1.165, 1.54) is 28.9 Å². The van der Waals surface area contributed by atoms with Gasteiger partial charge in [-0.15, -0.1) is 0 Å². The Morgan fingerprint density at radius 3 is 2.67 bits per heavy atom. The van der Waals surface area contributed by atoms with Crippen molar-refractivity contribution < 1.29 is 4.39 Å². The number of aryl methyl sites for hydroxylation is 1. The first-order valence-electron chi connectivity index (χ1n) is 6.40. The molecule has 0 bridgehead atoms. The Kier molecular flexibility index (Phi) is 2.78. The summed E-state index contributed by atoms with van der Waals surface area (Å²) in [6.07, 6.45) is 2.04. The van der Waals surface area contributed by atoms with Crippen LogP contribution in [0.2, 0.25) is 0 Å². The van der Waals surface area contributed by atoms with E-state index in [4.69, 9.17) is 0 Å². The van der Waals surface area contributed by atoms with Gasteiger partial charge in [0.15, 0.2) is 0 Å². The quantitative estimate of drug-likeness (QED) is 0.834. The summed E-state index contributed by atoms with van der Waals surface area (Å²) >= 11 is 0. The molecule has 0 aliphatic carbocycles. The molecule has 3 rings (SSSR count). The van der Waals surface area contributed by atoms with E-state index in [0.29, 0.717) is 0 Å². The van der Waals surface area contributed by atoms with E-state index in [9.17, 15) is 4.39 Å². The van der Waals surface area contributed by atoms with E-state index in [0.717, 1.165) is 18.4 Å². The van der Waals surface area contributed by atoms with Gasteiger partial charge in [0.2, 0.25) is 0 Å². The van der Waals surface area contributed by atoms with Crippen LogP contribution in [0.5, 0.6) is 0 Å². The largest absolute Gasteiger partial charge is 0.378 e. The summed E-state index contributed by atoms with van der Waals surface area (Å²) in [4.78, 5) is 0. The molecule has 0 aromatic heterocycles. The maximum Gasteiger partial charge on any atom is 0.123 e. The normalized spacial score (nSPS) is 17.3. The van der Waals surface area contributed by atoms with Crippen LogP contribution in [0.3, 0.4) is 0 Å². The van der Waals surface area contributed by atoms with Gasteiger partial charge in [0.25, 0.3) is 0 Å². The van der Waals surface area contributed by atoms with Gasteiger partial charge >= 0.3 is 0 Å². The monoisotopic (exact) mass is 241 g/mol. The van der Waals surface area contributed by atoms with Crippen LogP contribution in [-0.4, -0.2) is 0 Å². The van der Waals surface area contributed by atoms with Gasteiger partial charge in [-0.05, 0) is 47.7 Å². The minimum absolute atomic E-state index is 0.178. The minimum Gasteiger partial charge on any atom is -0.378 e. The smallest absolute Gasteiger partial charge is 0.123 e. The summed E-state index contributed by atoms with van der Waals surface area (Å²) in [5.74, 6) is -0.178. The summed E-state index contributed by atoms with van der Waals surface area (Å²) in [5, 5.41) is 3.50. The van der Waals surface area contributed by atoms with Crippen molar-refractivity contribution in [2.75, 3.05) is 5.32 Å². The molecular weight excluding hydrogens is 225 g/mol. The maximum atomic E-state index is 12.9. The zero-order valence-corrected chi connectivity index (χ0v) is 10.4. The van der Waals surface area contributed by atoms with Crippen molar-refractivity contribution in [1.29, 1.82) is 0 Å². The van der Waals surface area contributed by atoms with E-state index in [1.54, 1.807) is 0 Å². The zero-order chi connectivity index (χ0) is 12.5. The van der Waals surface area contributed by atoms with Gasteiger partial charge in [-0.1, -0.05) is 31.2 Å². The maximum absolute atomic E-state index is 12.9. The first-order valence-corrected chi connectivity index (χ1v) is 6.40. The molecular formula is C16H16FN. The summed E-state index contributed by atoms with van der Waals surface area (Å²) in [7, 11) is 0. The molecule has 1 N–H and O–H groups in total. The highest BCUT2D eigenvalue weighted by molar-refractivity contribution is 5.59. The molecule has 1 atom stereocenters.